The second-order valence-corrected chi connectivity index (χ2v) is 4.21. The van der Waals surface area contributed by atoms with E-state index in [1.165, 1.54) is 6.20 Å². The van der Waals surface area contributed by atoms with E-state index in [0.29, 0.717) is 4.88 Å². The van der Waals surface area contributed by atoms with Crippen molar-refractivity contribution in [2.24, 2.45) is 0 Å². The number of hydrogen-bond acceptors (Lipinski definition) is 4. The predicted octanol–water partition coefficient (Wildman–Crippen LogP) is 2.39. The molecular weight excluding hydrogens is 208 g/mol. The van der Waals surface area contributed by atoms with E-state index in [4.69, 9.17) is 0 Å². The molecule has 0 atom stereocenters. The second-order valence-electron chi connectivity index (χ2n) is 3.43. The van der Waals surface area contributed by atoms with Gasteiger partial charge in [0.1, 0.15) is 4.88 Å². The van der Waals surface area contributed by atoms with Crippen molar-refractivity contribution >= 4 is 17.3 Å². The summed E-state index contributed by atoms with van der Waals surface area (Å²) in [5.41, 5.74) is 2.88. The Kier molecular flexibility index (Phi) is 2.60. The highest BCUT2D eigenvalue weighted by atomic mass is 32.1. The van der Waals surface area contributed by atoms with E-state index in [2.05, 4.69) is 9.59 Å². The molecule has 0 aliphatic carbocycles. The minimum Gasteiger partial charge on any atom is -0.288 e. The standard InChI is InChI=1S/C11H10N2OS/c1-7-3-4-9(8(2)5-7)11(14)10-6-12-13-15-10/h3-6H,1-2H3. The molecule has 0 amide bonds. The Balaban J connectivity index is 2.42. The zero-order valence-corrected chi connectivity index (χ0v) is 9.34. The average molecular weight is 218 g/mol. The fourth-order valence-corrected chi connectivity index (χ4v) is 1.94. The van der Waals surface area contributed by atoms with Gasteiger partial charge in [-0.05, 0) is 30.9 Å². The lowest BCUT2D eigenvalue weighted by atomic mass is 10.0. The number of nitrogens with zero attached hydrogens (tertiary/aromatic N) is 2. The van der Waals surface area contributed by atoms with Crippen LogP contribution in [0.3, 0.4) is 0 Å². The molecule has 0 spiro atoms. The van der Waals surface area contributed by atoms with E-state index in [1.807, 2.05) is 32.0 Å². The van der Waals surface area contributed by atoms with Crippen LogP contribution in [0.4, 0.5) is 0 Å². The van der Waals surface area contributed by atoms with Crippen molar-refractivity contribution in [1.82, 2.24) is 9.59 Å². The summed E-state index contributed by atoms with van der Waals surface area (Å²) in [5, 5.41) is 3.66. The van der Waals surface area contributed by atoms with Crippen LogP contribution in [0.5, 0.6) is 0 Å². The van der Waals surface area contributed by atoms with Crippen LogP contribution in [0.25, 0.3) is 0 Å². The molecule has 0 saturated heterocycles. The number of aryl methyl sites for hydroxylation is 2. The van der Waals surface area contributed by atoms with Crippen molar-refractivity contribution in [2.45, 2.75) is 13.8 Å². The molecular formula is C11H10N2OS. The third kappa shape index (κ3) is 1.94. The Morgan fingerprint density at radius 2 is 2.13 bits per heavy atom. The molecule has 0 radical (unpaired) electrons. The molecule has 0 aliphatic heterocycles. The Morgan fingerprint density at radius 3 is 2.73 bits per heavy atom. The normalized spacial score (nSPS) is 10.3. The van der Waals surface area contributed by atoms with E-state index in [1.54, 1.807) is 0 Å². The Bertz CT molecular complexity index is 491. The monoisotopic (exact) mass is 218 g/mol. The Labute approximate surface area is 91.9 Å². The molecule has 0 N–H and O–H groups in total. The fourth-order valence-electron chi connectivity index (χ4n) is 1.47. The number of carbonyl (C=O) groups is 1. The first kappa shape index (κ1) is 9.98. The Hall–Kier alpha value is -1.55. The van der Waals surface area contributed by atoms with Gasteiger partial charge in [0.15, 0.2) is 0 Å². The maximum atomic E-state index is 12.0. The average Bonchev–Trinajstić information content (AvgIpc) is 2.69. The molecule has 1 aromatic heterocycles. The first-order chi connectivity index (χ1) is 7.18. The maximum Gasteiger partial charge on any atom is 0.206 e. The quantitative estimate of drug-likeness (QED) is 0.727. The highest BCUT2D eigenvalue weighted by Gasteiger charge is 2.13. The Morgan fingerprint density at radius 1 is 1.33 bits per heavy atom. The van der Waals surface area contributed by atoms with Crippen LogP contribution in [0.15, 0.2) is 24.4 Å². The molecule has 0 fully saturated rings. The van der Waals surface area contributed by atoms with Gasteiger partial charge in [-0.15, -0.1) is 5.10 Å². The highest BCUT2D eigenvalue weighted by Crippen LogP contribution is 2.16. The first-order valence-corrected chi connectivity index (χ1v) is 5.35. The fraction of sp³-hybridized carbons (Fsp3) is 0.182. The number of aromatic nitrogens is 2. The first-order valence-electron chi connectivity index (χ1n) is 4.58. The van der Waals surface area contributed by atoms with Gasteiger partial charge in [0.2, 0.25) is 5.78 Å². The van der Waals surface area contributed by atoms with Crippen molar-refractivity contribution in [3.63, 3.8) is 0 Å². The van der Waals surface area contributed by atoms with E-state index >= 15 is 0 Å². The van der Waals surface area contributed by atoms with E-state index in [9.17, 15) is 4.79 Å². The van der Waals surface area contributed by atoms with Gasteiger partial charge in [0, 0.05) is 5.56 Å². The van der Waals surface area contributed by atoms with Crippen LogP contribution in [-0.4, -0.2) is 15.4 Å². The van der Waals surface area contributed by atoms with Crippen molar-refractivity contribution < 1.29 is 4.79 Å². The van der Waals surface area contributed by atoms with Crippen molar-refractivity contribution in [2.75, 3.05) is 0 Å². The van der Waals surface area contributed by atoms with Crippen LogP contribution in [-0.2, 0) is 0 Å². The zero-order valence-electron chi connectivity index (χ0n) is 8.52. The van der Waals surface area contributed by atoms with Crippen molar-refractivity contribution in [1.29, 1.82) is 0 Å². The predicted molar refractivity (Wildman–Crippen MR) is 59.3 cm³/mol. The molecule has 15 heavy (non-hydrogen) atoms. The van der Waals surface area contributed by atoms with Crippen LogP contribution in [0, 0.1) is 13.8 Å². The molecule has 3 nitrogen and oxygen atoms in total. The summed E-state index contributed by atoms with van der Waals surface area (Å²) >= 11 is 1.13. The second kappa shape index (κ2) is 3.90. The molecule has 2 aromatic rings. The molecule has 0 aliphatic rings. The number of rotatable bonds is 2. The largest absolute Gasteiger partial charge is 0.288 e. The van der Waals surface area contributed by atoms with Crippen LogP contribution in [0.2, 0.25) is 0 Å². The minimum absolute atomic E-state index is 0.00231. The summed E-state index contributed by atoms with van der Waals surface area (Å²) < 4.78 is 3.69. The number of carbonyl (C=O) groups excluding carboxylic acids is 1. The van der Waals surface area contributed by atoms with Gasteiger partial charge in [-0.25, -0.2) is 0 Å². The smallest absolute Gasteiger partial charge is 0.206 e. The minimum atomic E-state index is 0.00231. The van der Waals surface area contributed by atoms with Gasteiger partial charge >= 0.3 is 0 Å². The van der Waals surface area contributed by atoms with Gasteiger partial charge in [0.25, 0.3) is 0 Å². The molecule has 1 heterocycles. The number of ketones is 1. The molecule has 0 unspecified atom stereocenters. The van der Waals surface area contributed by atoms with Gasteiger partial charge in [0.05, 0.1) is 6.20 Å². The highest BCUT2D eigenvalue weighted by molar-refractivity contribution is 7.08. The summed E-state index contributed by atoms with van der Waals surface area (Å²) in [6, 6.07) is 5.79. The number of benzene rings is 1. The molecule has 0 bridgehead atoms. The summed E-state index contributed by atoms with van der Waals surface area (Å²) in [6.45, 7) is 3.95. The molecule has 4 heteroatoms. The van der Waals surface area contributed by atoms with Crippen LogP contribution >= 0.6 is 11.5 Å². The molecule has 0 saturated carbocycles. The molecule has 1 aromatic carbocycles. The van der Waals surface area contributed by atoms with E-state index in [0.717, 1.165) is 28.2 Å². The zero-order chi connectivity index (χ0) is 10.8. The third-order valence-electron chi connectivity index (χ3n) is 2.21. The number of hydrogen-bond donors (Lipinski definition) is 0. The van der Waals surface area contributed by atoms with Crippen molar-refractivity contribution in [3.05, 3.63) is 46.0 Å². The van der Waals surface area contributed by atoms with Crippen LogP contribution in [0.1, 0.15) is 26.4 Å². The van der Waals surface area contributed by atoms with Crippen molar-refractivity contribution in [3.8, 4) is 0 Å². The summed E-state index contributed by atoms with van der Waals surface area (Å²) in [7, 11) is 0. The van der Waals surface area contributed by atoms with Gasteiger partial charge < -0.3 is 0 Å². The SMILES string of the molecule is Cc1ccc(C(=O)c2cnns2)c(C)c1. The van der Waals surface area contributed by atoms with E-state index in [-0.39, 0.29) is 5.78 Å². The lowest BCUT2D eigenvalue weighted by Gasteiger charge is -2.03. The summed E-state index contributed by atoms with van der Waals surface area (Å²) in [5.74, 6) is 0.00231. The lowest BCUT2D eigenvalue weighted by Crippen LogP contribution is -2.01. The van der Waals surface area contributed by atoms with E-state index < -0.39 is 0 Å². The summed E-state index contributed by atoms with van der Waals surface area (Å²) in [6.07, 6.45) is 1.51. The lowest BCUT2D eigenvalue weighted by molar-refractivity contribution is 0.104. The summed E-state index contributed by atoms with van der Waals surface area (Å²) in [4.78, 5) is 12.6. The third-order valence-corrected chi connectivity index (χ3v) is 2.88. The molecule has 2 rings (SSSR count). The van der Waals surface area contributed by atoms with Gasteiger partial charge in [-0.3, -0.25) is 4.79 Å². The molecule has 76 valence electrons. The van der Waals surface area contributed by atoms with Gasteiger partial charge in [-0.2, -0.15) is 0 Å². The topological polar surface area (TPSA) is 42.9 Å². The van der Waals surface area contributed by atoms with Crippen LogP contribution < -0.4 is 0 Å². The van der Waals surface area contributed by atoms with Gasteiger partial charge in [-0.1, -0.05) is 28.3 Å². The maximum absolute atomic E-state index is 12.0.